The second-order valence-electron chi connectivity index (χ2n) is 9.28. The highest BCUT2D eigenvalue weighted by molar-refractivity contribution is 6.45. The first-order chi connectivity index (χ1) is 19.1. The minimum Gasteiger partial charge on any atom is -0.495 e. The van der Waals surface area contributed by atoms with Crippen LogP contribution in [0.15, 0.2) is 36.8 Å². The first-order valence-corrected chi connectivity index (χ1v) is 13.2. The van der Waals surface area contributed by atoms with Gasteiger partial charge in [-0.25, -0.2) is 19.3 Å². The van der Waals surface area contributed by atoms with Gasteiger partial charge >= 0.3 is 0 Å². The van der Waals surface area contributed by atoms with E-state index in [1.165, 1.54) is 18.1 Å². The quantitative estimate of drug-likeness (QED) is 0.258. The van der Waals surface area contributed by atoms with Gasteiger partial charge in [-0.1, -0.05) is 40.0 Å². The highest BCUT2D eigenvalue weighted by Gasteiger charge is 2.24. The van der Waals surface area contributed by atoms with Crippen LogP contribution in [0.1, 0.15) is 33.7 Å². The van der Waals surface area contributed by atoms with Crippen LogP contribution >= 0.6 is 34.8 Å². The molecule has 0 aliphatic carbocycles. The summed E-state index contributed by atoms with van der Waals surface area (Å²) in [5.74, 6) is 1.20. The molecule has 0 spiro atoms. The lowest BCUT2D eigenvalue weighted by Gasteiger charge is -2.16. The van der Waals surface area contributed by atoms with Crippen LogP contribution in [-0.4, -0.2) is 78.3 Å². The fourth-order valence-electron chi connectivity index (χ4n) is 4.16. The molecule has 2 aromatic carbocycles. The van der Waals surface area contributed by atoms with Crippen molar-refractivity contribution in [3.05, 3.63) is 74.8 Å². The van der Waals surface area contributed by atoms with E-state index in [-0.39, 0.29) is 22.2 Å². The number of nitrogens with zero attached hydrogens (tertiary/aromatic N) is 8. The fourth-order valence-corrected chi connectivity index (χ4v) is 4.90. The van der Waals surface area contributed by atoms with Gasteiger partial charge in [0.2, 0.25) is 0 Å². The molecule has 40 heavy (non-hydrogen) atoms. The van der Waals surface area contributed by atoms with Crippen molar-refractivity contribution < 1.29 is 9.53 Å². The first kappa shape index (κ1) is 27.8. The summed E-state index contributed by atoms with van der Waals surface area (Å²) in [6, 6.07) is 6.20. The molecule has 0 bridgehead atoms. The van der Waals surface area contributed by atoms with E-state index in [1.54, 1.807) is 35.9 Å². The van der Waals surface area contributed by atoms with Gasteiger partial charge in [-0.15, -0.1) is 5.10 Å². The molecule has 3 aromatic heterocycles. The van der Waals surface area contributed by atoms with Crippen molar-refractivity contribution in [2.75, 3.05) is 27.7 Å². The Bertz CT molecular complexity index is 1690. The van der Waals surface area contributed by atoms with Crippen LogP contribution in [0.2, 0.25) is 15.1 Å². The molecule has 12 nitrogen and oxygen atoms in total. The summed E-state index contributed by atoms with van der Waals surface area (Å²) in [5.41, 5.74) is 2.83. The second-order valence-corrected chi connectivity index (χ2v) is 10.4. The smallest absolute Gasteiger partial charge is 0.252 e. The molecule has 0 aliphatic rings. The Morgan fingerprint density at radius 1 is 1.20 bits per heavy atom. The molecular weight excluding hydrogens is 579 g/mol. The number of halogens is 3. The van der Waals surface area contributed by atoms with Gasteiger partial charge in [-0.2, -0.15) is 5.10 Å². The number of aromatic nitrogens is 8. The summed E-state index contributed by atoms with van der Waals surface area (Å²) >= 11 is 19.3. The lowest BCUT2D eigenvalue weighted by molar-refractivity contribution is 0.0949. The Kier molecular flexibility index (Phi) is 7.95. The normalized spacial score (nSPS) is 12.3. The van der Waals surface area contributed by atoms with Crippen molar-refractivity contribution >= 4 is 51.7 Å². The molecule has 15 heteroatoms. The maximum absolute atomic E-state index is 13.3. The molecule has 0 saturated carbocycles. The number of fused-ring (bicyclic) bond motifs is 1. The van der Waals surface area contributed by atoms with Crippen molar-refractivity contribution in [3.8, 4) is 11.4 Å². The van der Waals surface area contributed by atoms with Gasteiger partial charge in [0.05, 0.1) is 56.4 Å². The number of hydrogen-bond acceptors (Lipinski definition) is 8. The van der Waals surface area contributed by atoms with E-state index in [1.807, 2.05) is 25.2 Å². The maximum atomic E-state index is 13.3. The third kappa shape index (κ3) is 5.61. The number of aryl methyl sites for hydroxylation is 1. The highest BCUT2D eigenvalue weighted by atomic mass is 35.5. The number of methoxy groups -OCH3 is 1. The SMILES string of the molecule is COc1cc2nc(C(CNC(=O)c3ccc(-n4cnc(C)n4)c(Cl)c3Cl)n3cc(CN(C)C)nn3)[nH]c2cc1Cl. The monoisotopic (exact) mass is 602 g/mol. The third-order valence-electron chi connectivity index (χ3n) is 6.06. The summed E-state index contributed by atoms with van der Waals surface area (Å²) in [6.07, 6.45) is 3.34. The topological polar surface area (TPSA) is 132 Å². The predicted octanol–water partition coefficient (Wildman–Crippen LogP) is 4.09. The first-order valence-electron chi connectivity index (χ1n) is 12.1. The number of amides is 1. The van der Waals surface area contributed by atoms with Crippen molar-refractivity contribution in [1.29, 1.82) is 0 Å². The van der Waals surface area contributed by atoms with Gasteiger partial charge in [-0.3, -0.25) is 4.79 Å². The molecule has 5 aromatic rings. The lowest BCUT2D eigenvalue weighted by atomic mass is 10.1. The number of nitrogens with one attached hydrogen (secondary N) is 2. The molecular formula is C25H25Cl3N10O2. The standard InChI is InChI=1S/C25H25Cl3N10O2/c1-13-30-12-38(34-13)19-6-5-15(22(27)23(19)28)25(39)29-9-20(37-11-14(33-35-37)10-36(2)3)24-31-17-7-16(26)21(40-4)8-18(17)32-24/h5-8,11-12,20H,9-10H2,1-4H3,(H,29,39)(H,31,32). The summed E-state index contributed by atoms with van der Waals surface area (Å²) < 4.78 is 8.48. The van der Waals surface area contributed by atoms with E-state index < -0.39 is 11.9 Å². The summed E-state index contributed by atoms with van der Waals surface area (Å²) in [7, 11) is 5.42. The highest BCUT2D eigenvalue weighted by Crippen LogP contribution is 2.32. The Morgan fingerprint density at radius 3 is 2.70 bits per heavy atom. The number of ether oxygens (including phenoxy) is 1. The number of H-pyrrole nitrogens is 1. The van der Waals surface area contributed by atoms with Crippen LogP contribution in [-0.2, 0) is 6.54 Å². The zero-order valence-corrected chi connectivity index (χ0v) is 24.3. The van der Waals surface area contributed by atoms with Crippen LogP contribution in [0, 0.1) is 6.92 Å². The van der Waals surface area contributed by atoms with Crippen molar-refractivity contribution in [2.24, 2.45) is 0 Å². The van der Waals surface area contributed by atoms with Gasteiger partial charge in [0.15, 0.2) is 0 Å². The number of hydrogen-bond donors (Lipinski definition) is 2. The lowest BCUT2D eigenvalue weighted by Crippen LogP contribution is -2.32. The van der Waals surface area contributed by atoms with Crippen molar-refractivity contribution in [1.82, 2.24) is 49.9 Å². The van der Waals surface area contributed by atoms with Gasteiger partial charge in [0.1, 0.15) is 29.8 Å². The Hall–Kier alpha value is -3.71. The second kappa shape index (κ2) is 11.4. The fraction of sp³-hybridized carbons (Fsp3) is 0.280. The van der Waals surface area contributed by atoms with Crippen LogP contribution in [0.25, 0.3) is 16.7 Å². The van der Waals surface area contributed by atoms with Gasteiger partial charge in [0.25, 0.3) is 5.91 Å². The Morgan fingerprint density at radius 2 is 2.00 bits per heavy atom. The average molecular weight is 604 g/mol. The van der Waals surface area contributed by atoms with E-state index in [0.29, 0.717) is 45.7 Å². The molecule has 0 fully saturated rings. The number of carbonyl (C=O) groups excluding carboxylic acids is 1. The van der Waals surface area contributed by atoms with Crippen LogP contribution in [0.4, 0.5) is 0 Å². The Balaban J connectivity index is 1.44. The maximum Gasteiger partial charge on any atom is 0.252 e. The van der Waals surface area contributed by atoms with E-state index >= 15 is 0 Å². The number of rotatable bonds is 9. The molecule has 0 aliphatic heterocycles. The van der Waals surface area contributed by atoms with E-state index in [4.69, 9.17) is 44.5 Å². The summed E-state index contributed by atoms with van der Waals surface area (Å²) in [6.45, 7) is 2.47. The van der Waals surface area contributed by atoms with E-state index in [2.05, 4.69) is 30.7 Å². The van der Waals surface area contributed by atoms with Gasteiger partial charge < -0.3 is 19.9 Å². The molecule has 1 unspecified atom stereocenters. The van der Waals surface area contributed by atoms with Crippen LogP contribution in [0.3, 0.4) is 0 Å². The molecule has 5 rings (SSSR count). The molecule has 0 radical (unpaired) electrons. The molecule has 3 heterocycles. The minimum absolute atomic E-state index is 0.0980. The predicted molar refractivity (Wildman–Crippen MR) is 152 cm³/mol. The van der Waals surface area contributed by atoms with Gasteiger partial charge in [-0.05, 0) is 39.2 Å². The zero-order valence-electron chi connectivity index (χ0n) is 22.0. The molecule has 208 valence electrons. The number of imidazole rings is 1. The van der Waals surface area contributed by atoms with Crippen molar-refractivity contribution in [2.45, 2.75) is 19.5 Å². The molecule has 1 atom stereocenters. The van der Waals surface area contributed by atoms with Crippen molar-refractivity contribution in [3.63, 3.8) is 0 Å². The number of aromatic amines is 1. The van der Waals surface area contributed by atoms with Gasteiger partial charge in [0, 0.05) is 19.2 Å². The summed E-state index contributed by atoms with van der Waals surface area (Å²) in [4.78, 5) is 27.4. The average Bonchev–Trinajstić information content (AvgIpc) is 3.65. The van der Waals surface area contributed by atoms with Crippen LogP contribution < -0.4 is 10.1 Å². The summed E-state index contributed by atoms with van der Waals surface area (Å²) in [5, 5.41) is 16.5. The third-order valence-corrected chi connectivity index (χ3v) is 7.23. The number of benzene rings is 2. The van der Waals surface area contributed by atoms with Crippen LogP contribution in [0.5, 0.6) is 5.75 Å². The minimum atomic E-state index is -0.531. The molecule has 1 amide bonds. The van der Waals surface area contributed by atoms with E-state index in [0.717, 1.165) is 5.69 Å². The number of carbonyl (C=O) groups is 1. The molecule has 0 saturated heterocycles. The molecule has 2 N–H and O–H groups in total. The zero-order chi connectivity index (χ0) is 28.6. The van der Waals surface area contributed by atoms with E-state index in [9.17, 15) is 4.79 Å². The largest absolute Gasteiger partial charge is 0.495 e. The Labute approximate surface area is 244 Å².